The van der Waals surface area contributed by atoms with Gasteiger partial charge in [-0.2, -0.15) is 0 Å². The van der Waals surface area contributed by atoms with Crippen molar-refractivity contribution in [2.75, 3.05) is 26.7 Å². The Kier molecular flexibility index (Phi) is 7.54. The molecule has 1 aromatic rings. The fourth-order valence-electron chi connectivity index (χ4n) is 4.44. The summed E-state index contributed by atoms with van der Waals surface area (Å²) in [5.41, 5.74) is 1.00. The highest BCUT2D eigenvalue weighted by atomic mass is 16.2. The maximum atomic E-state index is 13.2. The van der Waals surface area contributed by atoms with Gasteiger partial charge < -0.3 is 15.1 Å². The van der Waals surface area contributed by atoms with Crippen LogP contribution in [0.25, 0.3) is 0 Å². The predicted octanol–water partition coefficient (Wildman–Crippen LogP) is 2.27. The van der Waals surface area contributed by atoms with Crippen molar-refractivity contribution in [1.82, 2.24) is 25.1 Å². The molecule has 2 aliphatic rings. The molecule has 0 radical (unpaired) electrons. The third kappa shape index (κ3) is 5.18. The van der Waals surface area contributed by atoms with Crippen LogP contribution in [0, 0.1) is 5.92 Å². The fourth-order valence-corrected chi connectivity index (χ4v) is 4.44. The summed E-state index contributed by atoms with van der Waals surface area (Å²) in [6.07, 6.45) is 1.93. The Hall–Kier alpha value is -2.61. The van der Waals surface area contributed by atoms with E-state index in [1.165, 1.54) is 0 Å². The Morgan fingerprint density at radius 1 is 1.19 bits per heavy atom. The van der Waals surface area contributed by atoms with E-state index < -0.39 is 12.2 Å². The first kappa shape index (κ1) is 23.1. The van der Waals surface area contributed by atoms with Crippen molar-refractivity contribution in [1.29, 1.82) is 0 Å². The highest BCUT2D eigenvalue weighted by molar-refractivity contribution is 5.91. The number of fused-ring (bicyclic) bond motifs is 1. The van der Waals surface area contributed by atoms with Crippen molar-refractivity contribution in [3.63, 3.8) is 0 Å². The smallest absolute Gasteiger partial charge is 0.334 e. The Bertz CT molecular complexity index is 785. The fraction of sp³-hybridized carbons (Fsp3) is 0.609. The molecule has 1 aromatic carbocycles. The number of nitrogens with zero attached hydrogens (tertiary/aromatic N) is 4. The van der Waals surface area contributed by atoms with Gasteiger partial charge in [-0.3, -0.25) is 9.59 Å². The van der Waals surface area contributed by atoms with E-state index in [1.807, 2.05) is 35.2 Å². The number of hydrazine groups is 1. The molecule has 1 N–H and O–H groups in total. The van der Waals surface area contributed by atoms with E-state index in [4.69, 9.17) is 0 Å². The number of urea groups is 1. The van der Waals surface area contributed by atoms with Gasteiger partial charge in [-0.25, -0.2) is 14.8 Å². The Morgan fingerprint density at radius 2 is 1.90 bits per heavy atom. The number of amides is 4. The molecule has 2 atom stereocenters. The summed E-state index contributed by atoms with van der Waals surface area (Å²) in [4.78, 5) is 42.9. The Balaban J connectivity index is 1.84. The van der Waals surface area contributed by atoms with Gasteiger partial charge in [0.15, 0.2) is 0 Å². The van der Waals surface area contributed by atoms with E-state index >= 15 is 0 Å². The number of rotatable bonds is 7. The summed E-state index contributed by atoms with van der Waals surface area (Å²) < 4.78 is 0. The second-order valence-corrected chi connectivity index (χ2v) is 8.88. The SMILES string of the molecule is CCCC[C@H]1C(=O)N(CC(C)C)C[C@H]2N1C(=O)CN(C)N2C(=O)NCc1ccccc1. The predicted molar refractivity (Wildman–Crippen MR) is 119 cm³/mol. The zero-order valence-electron chi connectivity index (χ0n) is 19.1. The van der Waals surface area contributed by atoms with Crippen LogP contribution in [-0.2, 0) is 16.1 Å². The van der Waals surface area contributed by atoms with Crippen LogP contribution < -0.4 is 5.32 Å². The summed E-state index contributed by atoms with van der Waals surface area (Å²) >= 11 is 0. The highest BCUT2D eigenvalue weighted by Crippen LogP contribution is 2.28. The second-order valence-electron chi connectivity index (χ2n) is 8.88. The third-order valence-electron chi connectivity index (χ3n) is 5.85. The molecule has 8 heteroatoms. The van der Waals surface area contributed by atoms with Crippen molar-refractivity contribution in [3.05, 3.63) is 35.9 Å². The minimum Gasteiger partial charge on any atom is -0.337 e. The average molecular weight is 430 g/mol. The van der Waals surface area contributed by atoms with Crippen LogP contribution >= 0.6 is 0 Å². The summed E-state index contributed by atoms with van der Waals surface area (Å²) in [7, 11) is 1.75. The zero-order chi connectivity index (χ0) is 22.5. The molecule has 4 amide bonds. The summed E-state index contributed by atoms with van der Waals surface area (Å²) in [5, 5.41) is 6.26. The minimum atomic E-state index is -0.511. The quantitative estimate of drug-likeness (QED) is 0.721. The lowest BCUT2D eigenvalue weighted by atomic mass is 10.00. The van der Waals surface area contributed by atoms with Gasteiger partial charge in [0.25, 0.3) is 0 Å². The Morgan fingerprint density at radius 3 is 2.55 bits per heavy atom. The number of hydrogen-bond acceptors (Lipinski definition) is 4. The van der Waals surface area contributed by atoms with Gasteiger partial charge in [0.1, 0.15) is 12.2 Å². The first-order valence-corrected chi connectivity index (χ1v) is 11.3. The second kappa shape index (κ2) is 10.1. The molecule has 0 saturated carbocycles. The lowest BCUT2D eigenvalue weighted by Crippen LogP contribution is -2.76. The van der Waals surface area contributed by atoms with Gasteiger partial charge in [-0.1, -0.05) is 63.9 Å². The van der Waals surface area contributed by atoms with E-state index in [1.54, 1.807) is 22.0 Å². The average Bonchev–Trinajstić information content (AvgIpc) is 2.73. The van der Waals surface area contributed by atoms with Crippen molar-refractivity contribution in [3.8, 4) is 0 Å². The molecule has 31 heavy (non-hydrogen) atoms. The van der Waals surface area contributed by atoms with Gasteiger partial charge in [-0.05, 0) is 17.9 Å². The summed E-state index contributed by atoms with van der Waals surface area (Å²) in [5.74, 6) is 0.207. The number of hydrogen-bond donors (Lipinski definition) is 1. The van der Waals surface area contributed by atoms with Crippen molar-refractivity contribution in [2.24, 2.45) is 5.92 Å². The van der Waals surface area contributed by atoms with Gasteiger partial charge in [0, 0.05) is 20.1 Å². The number of unbranched alkanes of at least 4 members (excludes halogenated alkanes) is 1. The minimum absolute atomic E-state index is 0.000877. The van der Waals surface area contributed by atoms with Gasteiger partial charge in [0.2, 0.25) is 11.8 Å². The zero-order valence-corrected chi connectivity index (χ0v) is 19.1. The molecule has 0 aromatic heterocycles. The number of piperazine rings is 1. The molecular formula is C23H35N5O3. The molecule has 0 aliphatic carbocycles. The van der Waals surface area contributed by atoms with Crippen LogP contribution in [0.2, 0.25) is 0 Å². The number of likely N-dealkylation sites (N-methyl/N-ethyl adjacent to an activating group) is 1. The van der Waals surface area contributed by atoms with Gasteiger partial charge in [-0.15, -0.1) is 0 Å². The Labute approximate surface area is 185 Å². The van der Waals surface area contributed by atoms with Crippen LogP contribution in [0.1, 0.15) is 45.6 Å². The molecule has 3 rings (SSSR count). The van der Waals surface area contributed by atoms with Crippen molar-refractivity contribution < 1.29 is 14.4 Å². The monoisotopic (exact) mass is 429 g/mol. The van der Waals surface area contributed by atoms with Crippen LogP contribution in [0.15, 0.2) is 30.3 Å². The molecule has 0 spiro atoms. The maximum absolute atomic E-state index is 13.2. The van der Waals surface area contributed by atoms with Crippen LogP contribution in [0.5, 0.6) is 0 Å². The lowest BCUT2D eigenvalue weighted by Gasteiger charge is -2.54. The standard InChI is InChI=1S/C23H35N5O3/c1-5-6-12-19-22(30)26(14-17(2)3)15-20-27(19)21(29)16-25(4)28(20)23(31)24-13-18-10-8-7-9-11-18/h7-11,17,19-20H,5-6,12-16H2,1-4H3,(H,24,31)/t19-,20-/m0/s1. The molecule has 2 fully saturated rings. The summed E-state index contributed by atoms with van der Waals surface area (Å²) in [6, 6.07) is 8.95. The third-order valence-corrected chi connectivity index (χ3v) is 5.85. The van der Waals surface area contributed by atoms with E-state index in [9.17, 15) is 14.4 Å². The molecule has 8 nitrogen and oxygen atoms in total. The largest absolute Gasteiger partial charge is 0.337 e. The van der Waals surface area contributed by atoms with E-state index in [0.29, 0.717) is 32.0 Å². The van der Waals surface area contributed by atoms with Crippen molar-refractivity contribution in [2.45, 2.75) is 58.8 Å². The molecule has 2 saturated heterocycles. The summed E-state index contributed by atoms with van der Waals surface area (Å²) in [6.45, 7) is 7.64. The van der Waals surface area contributed by atoms with Crippen LogP contribution in [0.4, 0.5) is 4.79 Å². The lowest BCUT2D eigenvalue weighted by molar-refractivity contribution is -0.187. The van der Waals surface area contributed by atoms with E-state index in [0.717, 1.165) is 18.4 Å². The number of nitrogens with one attached hydrogen (secondary N) is 1. The first-order valence-electron chi connectivity index (χ1n) is 11.3. The number of carbonyl (C=O) groups excluding carboxylic acids is 3. The topological polar surface area (TPSA) is 76.2 Å². The van der Waals surface area contributed by atoms with Gasteiger partial charge in [0.05, 0.1) is 13.1 Å². The highest BCUT2D eigenvalue weighted by Gasteiger charge is 2.50. The molecular weight excluding hydrogens is 394 g/mol. The number of carbonyl (C=O) groups is 3. The van der Waals surface area contributed by atoms with E-state index in [-0.39, 0.29) is 24.4 Å². The normalized spacial score (nSPS) is 22.2. The van der Waals surface area contributed by atoms with Crippen molar-refractivity contribution >= 4 is 17.8 Å². The van der Waals surface area contributed by atoms with Gasteiger partial charge >= 0.3 is 6.03 Å². The molecule has 170 valence electrons. The maximum Gasteiger partial charge on any atom is 0.334 e. The van der Waals surface area contributed by atoms with Crippen LogP contribution in [-0.4, -0.2) is 76.6 Å². The number of benzene rings is 1. The molecule has 0 unspecified atom stereocenters. The molecule has 0 bridgehead atoms. The first-order chi connectivity index (χ1) is 14.8. The molecule has 2 aliphatic heterocycles. The van der Waals surface area contributed by atoms with E-state index in [2.05, 4.69) is 26.1 Å². The van der Waals surface area contributed by atoms with Crippen LogP contribution in [0.3, 0.4) is 0 Å². The molecule has 2 heterocycles.